The van der Waals surface area contributed by atoms with E-state index in [0.717, 1.165) is 16.8 Å². The number of halogens is 3. The number of hydrogen-bond acceptors (Lipinski definition) is 6. The summed E-state index contributed by atoms with van der Waals surface area (Å²) in [6.07, 6.45) is -2.93. The molecule has 51 heavy (non-hydrogen) atoms. The number of ether oxygens (including phenoxy) is 4. The normalized spacial score (nSPS) is 15.6. The minimum absolute atomic E-state index is 0.0419. The van der Waals surface area contributed by atoms with Crippen molar-refractivity contribution < 1.29 is 41.7 Å². The second-order valence-corrected chi connectivity index (χ2v) is 14.0. The summed E-state index contributed by atoms with van der Waals surface area (Å²) in [4.78, 5) is 27.1. The van der Waals surface area contributed by atoms with E-state index in [4.69, 9.17) is 9.47 Å². The first kappa shape index (κ1) is 34.5. The van der Waals surface area contributed by atoms with Crippen LogP contribution >= 0.6 is 0 Å². The number of benzene rings is 4. The number of alkyl halides is 2. The van der Waals surface area contributed by atoms with E-state index < -0.39 is 22.9 Å². The number of ketones is 2. The zero-order valence-corrected chi connectivity index (χ0v) is 28.4. The first-order valence-electron chi connectivity index (χ1n) is 16.9. The van der Waals surface area contributed by atoms with Crippen LogP contribution in [0.2, 0.25) is 0 Å². The van der Waals surface area contributed by atoms with Crippen LogP contribution < -0.4 is 9.47 Å². The highest BCUT2D eigenvalue weighted by molar-refractivity contribution is 5.96. The summed E-state index contributed by atoms with van der Waals surface area (Å²) in [7, 11) is 0. The molecular formula is C41H38F3NO6. The van der Waals surface area contributed by atoms with Gasteiger partial charge in [-0.25, -0.2) is 4.39 Å². The molecule has 264 valence electrons. The van der Waals surface area contributed by atoms with Crippen LogP contribution in [0.5, 0.6) is 11.5 Å². The average molecular weight is 698 g/mol. The summed E-state index contributed by atoms with van der Waals surface area (Å²) in [5.74, 6) is -1.20. The van der Waals surface area contributed by atoms with Crippen molar-refractivity contribution in [1.29, 1.82) is 0 Å². The molecule has 0 amide bonds. The lowest BCUT2D eigenvalue weighted by molar-refractivity contribution is -0.286. The maximum absolute atomic E-state index is 15.9. The Balaban J connectivity index is 1.13. The van der Waals surface area contributed by atoms with E-state index in [-0.39, 0.29) is 54.8 Å². The molecule has 7 nitrogen and oxygen atoms in total. The summed E-state index contributed by atoms with van der Waals surface area (Å²) in [6, 6.07) is 28.7. The van der Waals surface area contributed by atoms with Crippen molar-refractivity contribution in [2.45, 2.75) is 70.0 Å². The smallest absolute Gasteiger partial charge is 0.395 e. The molecule has 1 aliphatic carbocycles. The van der Waals surface area contributed by atoms with Crippen LogP contribution in [0.15, 0.2) is 97.1 Å². The molecule has 0 N–H and O–H groups in total. The highest BCUT2D eigenvalue weighted by Crippen LogP contribution is 2.53. The Morgan fingerprint density at radius 3 is 2.14 bits per heavy atom. The van der Waals surface area contributed by atoms with E-state index in [2.05, 4.69) is 9.47 Å². The number of hydrogen-bond donors (Lipinski definition) is 0. The number of nitrogens with zero attached hydrogens (tertiary/aromatic N) is 1. The first-order chi connectivity index (χ1) is 24.4. The number of carbonyl (C=O) groups is 2. The minimum Gasteiger partial charge on any atom is -0.395 e. The van der Waals surface area contributed by atoms with Crippen molar-refractivity contribution in [1.82, 2.24) is 4.57 Å². The summed E-state index contributed by atoms with van der Waals surface area (Å²) in [5, 5.41) is 0.679. The molecule has 0 saturated heterocycles. The Hall–Kier alpha value is -4.93. The predicted octanol–water partition coefficient (Wildman–Crippen LogP) is 8.23. The van der Waals surface area contributed by atoms with Gasteiger partial charge in [-0.2, -0.15) is 0 Å². The van der Waals surface area contributed by atoms with Crippen LogP contribution in [0.3, 0.4) is 0 Å². The van der Waals surface area contributed by atoms with Gasteiger partial charge in [0.25, 0.3) is 0 Å². The average Bonchev–Trinajstić information content (AvgIpc) is 3.75. The van der Waals surface area contributed by atoms with Gasteiger partial charge in [-0.15, -0.1) is 8.78 Å². The van der Waals surface area contributed by atoms with Gasteiger partial charge >= 0.3 is 6.29 Å². The Morgan fingerprint density at radius 1 is 0.824 bits per heavy atom. The number of fused-ring (bicyclic) bond motifs is 2. The predicted molar refractivity (Wildman–Crippen MR) is 184 cm³/mol. The van der Waals surface area contributed by atoms with Gasteiger partial charge in [0.05, 0.1) is 37.3 Å². The Labute approximate surface area is 293 Å². The molecule has 4 aromatic carbocycles. The molecule has 1 fully saturated rings. The van der Waals surface area contributed by atoms with Crippen molar-refractivity contribution in [2.75, 3.05) is 13.2 Å². The van der Waals surface area contributed by atoms with Crippen molar-refractivity contribution >= 4 is 22.5 Å². The molecule has 5 aromatic rings. The second kappa shape index (κ2) is 13.7. The first-order valence-corrected chi connectivity index (χ1v) is 16.9. The van der Waals surface area contributed by atoms with Crippen LogP contribution in [0.4, 0.5) is 13.2 Å². The molecule has 0 unspecified atom stereocenters. The molecule has 0 radical (unpaired) electrons. The van der Waals surface area contributed by atoms with Gasteiger partial charge in [-0.3, -0.25) is 9.59 Å². The van der Waals surface area contributed by atoms with Crippen molar-refractivity contribution in [2.24, 2.45) is 0 Å². The molecular weight excluding hydrogens is 659 g/mol. The van der Waals surface area contributed by atoms with Gasteiger partial charge in [0, 0.05) is 22.9 Å². The molecule has 0 spiro atoms. The van der Waals surface area contributed by atoms with Crippen molar-refractivity contribution in [3.63, 3.8) is 0 Å². The summed E-state index contributed by atoms with van der Waals surface area (Å²) in [5.41, 5.74) is 2.52. The molecule has 1 aromatic heterocycles. The van der Waals surface area contributed by atoms with Crippen LogP contribution in [-0.2, 0) is 56.1 Å². The Morgan fingerprint density at radius 2 is 1.47 bits per heavy atom. The quantitative estimate of drug-likeness (QED) is 0.110. The lowest BCUT2D eigenvalue weighted by Gasteiger charge is -2.27. The van der Waals surface area contributed by atoms with Crippen molar-refractivity contribution in [3.05, 3.63) is 131 Å². The van der Waals surface area contributed by atoms with Crippen LogP contribution in [0, 0.1) is 5.82 Å². The Kier molecular flexibility index (Phi) is 9.24. The fourth-order valence-corrected chi connectivity index (χ4v) is 6.79. The van der Waals surface area contributed by atoms with Gasteiger partial charge in [-0.1, -0.05) is 80.6 Å². The number of aromatic nitrogens is 1. The molecule has 10 heteroatoms. The largest absolute Gasteiger partial charge is 0.586 e. The molecule has 1 aliphatic heterocycles. The fourth-order valence-electron chi connectivity index (χ4n) is 6.79. The summed E-state index contributed by atoms with van der Waals surface area (Å²) >= 11 is 0. The molecule has 2 heterocycles. The fraction of sp³-hybridized carbons (Fsp3) is 0.317. The van der Waals surface area contributed by atoms with Crippen LogP contribution in [0.25, 0.3) is 10.9 Å². The molecule has 2 aliphatic rings. The maximum atomic E-state index is 15.9. The second-order valence-electron chi connectivity index (χ2n) is 14.0. The standard InChI is InChI=1S/C41H38F3NO6/c1-39(2,26-49-24-28-11-7-4-8-12-28)37-18-30-17-29(19-38(47)40(15-16-40)31-13-14-35-36(20-31)51-41(43,44)50-35)33(42)21-34(30)45(37)22-32(46)25-48-23-27-9-5-3-6-10-27/h3-14,17-18,20-21H,15-16,19,22-26H2,1-2H3. The molecule has 7 rings (SSSR count). The zero-order valence-electron chi connectivity index (χ0n) is 28.4. The third-order valence-corrected chi connectivity index (χ3v) is 9.64. The van der Waals surface area contributed by atoms with Crippen LogP contribution in [0.1, 0.15) is 54.6 Å². The topological polar surface area (TPSA) is 76.0 Å². The Bertz CT molecular complexity index is 2070. The van der Waals surface area contributed by atoms with Crippen molar-refractivity contribution in [3.8, 4) is 11.5 Å². The van der Waals surface area contributed by atoms with Gasteiger partial charge in [0.2, 0.25) is 0 Å². The van der Waals surface area contributed by atoms with E-state index in [0.29, 0.717) is 42.5 Å². The van der Waals surface area contributed by atoms with E-state index in [1.165, 1.54) is 18.2 Å². The molecule has 0 atom stereocenters. The molecule has 0 bridgehead atoms. The monoisotopic (exact) mass is 697 g/mol. The highest BCUT2D eigenvalue weighted by atomic mass is 19.3. The third-order valence-electron chi connectivity index (χ3n) is 9.64. The van der Waals surface area contributed by atoms with E-state index >= 15 is 4.39 Å². The maximum Gasteiger partial charge on any atom is 0.586 e. The van der Waals surface area contributed by atoms with Gasteiger partial charge < -0.3 is 23.5 Å². The summed E-state index contributed by atoms with van der Waals surface area (Å²) in [6.45, 7) is 4.89. The summed E-state index contributed by atoms with van der Waals surface area (Å²) < 4.78 is 66.0. The van der Waals surface area contributed by atoms with E-state index in [1.807, 2.05) is 85.1 Å². The van der Waals surface area contributed by atoms with Gasteiger partial charge in [0.1, 0.15) is 18.2 Å². The molecule has 1 saturated carbocycles. The van der Waals surface area contributed by atoms with E-state index in [9.17, 15) is 18.4 Å². The third kappa shape index (κ3) is 7.43. The van der Waals surface area contributed by atoms with Crippen LogP contribution in [-0.4, -0.2) is 35.6 Å². The lowest BCUT2D eigenvalue weighted by Crippen LogP contribution is -2.29. The zero-order chi connectivity index (χ0) is 35.8. The number of Topliss-reactive ketones (excluding diaryl/α,β-unsaturated/α-hetero) is 2. The number of rotatable bonds is 15. The van der Waals surface area contributed by atoms with E-state index in [1.54, 1.807) is 12.1 Å². The highest BCUT2D eigenvalue weighted by Gasteiger charge is 2.52. The van der Waals surface area contributed by atoms with Gasteiger partial charge in [0.15, 0.2) is 17.3 Å². The van der Waals surface area contributed by atoms with Gasteiger partial charge in [-0.05, 0) is 65.4 Å². The lowest BCUT2D eigenvalue weighted by atomic mass is 9.87. The minimum atomic E-state index is -3.77. The number of carbonyl (C=O) groups excluding carboxylic acids is 2. The SMILES string of the molecule is CC(C)(COCc1ccccc1)c1cc2cc(CC(=O)C3(c4ccc5c(c4)OC(F)(F)O5)CC3)c(F)cc2n1CC(=O)COCc1ccccc1.